The van der Waals surface area contributed by atoms with Gasteiger partial charge in [0.2, 0.25) is 5.28 Å². The number of nitrogens with one attached hydrogen (secondary N) is 1. The molecule has 0 aromatic carbocycles. The Kier molecular flexibility index (Phi) is 4.15. The summed E-state index contributed by atoms with van der Waals surface area (Å²) in [5.74, 6) is 1.48. The molecular weight excluding hydrogens is 342 g/mol. The molecule has 0 amide bonds. The Bertz CT molecular complexity index is 906. The summed E-state index contributed by atoms with van der Waals surface area (Å²) in [6, 6.07) is 3.74. The predicted octanol–water partition coefficient (Wildman–Crippen LogP) is 2.99. The Morgan fingerprint density at radius 3 is 2.96 bits per heavy atom. The van der Waals surface area contributed by atoms with Gasteiger partial charge in [-0.1, -0.05) is 0 Å². The van der Waals surface area contributed by atoms with Crippen molar-refractivity contribution in [2.24, 2.45) is 5.73 Å². The molecule has 1 aliphatic rings. The van der Waals surface area contributed by atoms with Gasteiger partial charge in [0, 0.05) is 23.9 Å². The number of ether oxygens (including phenoxy) is 1. The topological polar surface area (TPSA) is 90.6 Å². The second-order valence-corrected chi connectivity index (χ2v) is 6.63. The average molecular weight is 362 g/mol. The van der Waals surface area contributed by atoms with Crippen LogP contribution < -0.4 is 11.1 Å². The van der Waals surface area contributed by atoms with E-state index >= 15 is 0 Å². The van der Waals surface area contributed by atoms with Gasteiger partial charge in [-0.05, 0) is 49.6 Å². The minimum absolute atomic E-state index is 0.0160. The molecule has 25 heavy (non-hydrogen) atoms. The van der Waals surface area contributed by atoms with Crippen LogP contribution in [0.4, 0.5) is 5.82 Å². The lowest BCUT2D eigenvalue weighted by Gasteiger charge is -2.15. The van der Waals surface area contributed by atoms with E-state index in [1.165, 1.54) is 0 Å². The summed E-state index contributed by atoms with van der Waals surface area (Å²) in [5, 5.41) is 7.84. The van der Waals surface area contributed by atoms with E-state index in [1.807, 2.05) is 30.5 Å². The molecule has 3 N–H and O–H groups in total. The van der Waals surface area contributed by atoms with Gasteiger partial charge < -0.3 is 20.2 Å². The van der Waals surface area contributed by atoms with Crippen LogP contribution in [0.25, 0.3) is 5.52 Å². The molecule has 0 spiro atoms. The average Bonchev–Trinajstić information content (AvgIpc) is 3.28. The van der Waals surface area contributed by atoms with Gasteiger partial charge in [-0.3, -0.25) is 0 Å². The standard InChI is InChI=1S/C17H20ClN5O2/c1-9-13(15-12(19)5-7-25-15)10(2)23-14(9)16(21-17(18)22-23)20-8-11-4-3-6-24-11/h3-4,6,12,15H,5,7-8,19H2,1-2H3,(H,20,21,22)/t12-,15-/m0/s1. The van der Waals surface area contributed by atoms with Gasteiger partial charge in [0.25, 0.3) is 0 Å². The number of hydrogen-bond donors (Lipinski definition) is 2. The van der Waals surface area contributed by atoms with Gasteiger partial charge in [0.1, 0.15) is 11.3 Å². The Labute approximate surface area is 150 Å². The number of nitrogens with zero attached hydrogens (tertiary/aromatic N) is 3. The molecule has 0 radical (unpaired) electrons. The molecular formula is C17H20ClN5O2. The zero-order valence-corrected chi connectivity index (χ0v) is 14.9. The minimum Gasteiger partial charge on any atom is -0.467 e. The Hall–Kier alpha value is -2.09. The van der Waals surface area contributed by atoms with E-state index in [4.69, 9.17) is 26.5 Å². The summed E-state index contributed by atoms with van der Waals surface area (Å²) in [6.45, 7) is 5.23. The van der Waals surface area contributed by atoms with Crippen molar-refractivity contribution < 1.29 is 9.15 Å². The van der Waals surface area contributed by atoms with Gasteiger partial charge in [-0.2, -0.15) is 4.98 Å². The van der Waals surface area contributed by atoms with Gasteiger partial charge in [-0.25, -0.2) is 4.52 Å². The van der Waals surface area contributed by atoms with Crippen LogP contribution in [0.1, 0.15) is 35.1 Å². The Morgan fingerprint density at radius 2 is 2.28 bits per heavy atom. The molecule has 4 heterocycles. The predicted molar refractivity (Wildman–Crippen MR) is 94.8 cm³/mol. The molecule has 0 saturated carbocycles. The zero-order chi connectivity index (χ0) is 17.6. The second kappa shape index (κ2) is 6.33. The number of aryl methyl sites for hydroxylation is 2. The normalized spacial score (nSPS) is 20.5. The van der Waals surface area contributed by atoms with E-state index in [0.717, 1.165) is 34.5 Å². The minimum atomic E-state index is -0.126. The number of anilines is 1. The van der Waals surface area contributed by atoms with E-state index in [1.54, 1.807) is 6.26 Å². The van der Waals surface area contributed by atoms with Gasteiger partial charge in [0.05, 0.1) is 18.9 Å². The smallest absolute Gasteiger partial charge is 0.243 e. The summed E-state index contributed by atoms with van der Waals surface area (Å²) in [7, 11) is 0. The maximum Gasteiger partial charge on any atom is 0.243 e. The van der Waals surface area contributed by atoms with Crippen molar-refractivity contribution in [1.29, 1.82) is 0 Å². The first-order valence-electron chi connectivity index (χ1n) is 8.25. The highest BCUT2D eigenvalue weighted by Crippen LogP contribution is 2.37. The van der Waals surface area contributed by atoms with Gasteiger partial charge >= 0.3 is 0 Å². The van der Waals surface area contributed by atoms with Crippen LogP contribution in [0.2, 0.25) is 5.28 Å². The lowest BCUT2D eigenvalue weighted by molar-refractivity contribution is 0.104. The third-order valence-corrected chi connectivity index (χ3v) is 4.88. The molecule has 0 unspecified atom stereocenters. The SMILES string of the molecule is Cc1c([C@H]2OCC[C@@H]2N)c(C)n2nc(Cl)nc(NCc3ccco3)c12. The van der Waals surface area contributed by atoms with Gasteiger partial charge in [-0.15, -0.1) is 5.10 Å². The highest BCUT2D eigenvalue weighted by atomic mass is 35.5. The van der Waals surface area contributed by atoms with E-state index in [9.17, 15) is 0 Å². The second-order valence-electron chi connectivity index (χ2n) is 6.29. The number of nitrogens with two attached hydrogens (primary N) is 1. The van der Waals surface area contributed by atoms with Crippen molar-refractivity contribution in [3.05, 3.63) is 46.3 Å². The molecule has 3 aromatic heterocycles. The summed E-state index contributed by atoms with van der Waals surface area (Å²) >= 11 is 6.14. The molecule has 3 aromatic rings. The van der Waals surface area contributed by atoms with E-state index in [2.05, 4.69) is 15.4 Å². The monoisotopic (exact) mass is 361 g/mol. The molecule has 1 saturated heterocycles. The number of hydrogen-bond acceptors (Lipinski definition) is 6. The van der Waals surface area contributed by atoms with E-state index in [0.29, 0.717) is 19.0 Å². The van der Waals surface area contributed by atoms with Crippen LogP contribution in [-0.4, -0.2) is 27.2 Å². The first-order chi connectivity index (χ1) is 12.1. The summed E-state index contributed by atoms with van der Waals surface area (Å²) < 4.78 is 13.1. The number of rotatable bonds is 4. The number of fused-ring (bicyclic) bond motifs is 1. The molecule has 0 bridgehead atoms. The van der Waals surface area contributed by atoms with Crippen molar-refractivity contribution in [2.45, 2.75) is 39.0 Å². The van der Waals surface area contributed by atoms with Crippen LogP contribution in [0.15, 0.2) is 22.8 Å². The number of halogens is 1. The molecule has 8 heteroatoms. The third kappa shape index (κ3) is 2.78. The molecule has 7 nitrogen and oxygen atoms in total. The van der Waals surface area contributed by atoms with Gasteiger partial charge in [0.15, 0.2) is 5.82 Å². The van der Waals surface area contributed by atoms with Crippen molar-refractivity contribution >= 4 is 22.9 Å². The number of aromatic nitrogens is 3. The lowest BCUT2D eigenvalue weighted by Crippen LogP contribution is -2.24. The molecule has 1 fully saturated rings. The zero-order valence-electron chi connectivity index (χ0n) is 14.1. The fraction of sp³-hybridized carbons (Fsp3) is 0.412. The summed E-state index contributed by atoms with van der Waals surface area (Å²) in [4.78, 5) is 4.37. The van der Waals surface area contributed by atoms with Crippen molar-refractivity contribution in [3.8, 4) is 0 Å². The molecule has 1 aliphatic heterocycles. The van der Waals surface area contributed by atoms with Crippen LogP contribution in [0, 0.1) is 13.8 Å². The maximum atomic E-state index is 6.24. The van der Waals surface area contributed by atoms with E-state index in [-0.39, 0.29) is 17.4 Å². The molecule has 4 rings (SSSR count). The van der Waals surface area contributed by atoms with Crippen molar-refractivity contribution in [3.63, 3.8) is 0 Å². The quantitative estimate of drug-likeness (QED) is 0.742. The van der Waals surface area contributed by atoms with Crippen LogP contribution in [-0.2, 0) is 11.3 Å². The third-order valence-electron chi connectivity index (χ3n) is 4.72. The Morgan fingerprint density at radius 1 is 1.44 bits per heavy atom. The lowest BCUT2D eigenvalue weighted by atomic mass is 9.99. The van der Waals surface area contributed by atoms with E-state index < -0.39 is 0 Å². The fourth-order valence-electron chi connectivity index (χ4n) is 3.52. The largest absolute Gasteiger partial charge is 0.467 e. The Balaban J connectivity index is 1.80. The summed E-state index contributed by atoms with van der Waals surface area (Å²) in [6.07, 6.45) is 2.37. The number of furan rings is 1. The maximum absolute atomic E-state index is 6.24. The first-order valence-corrected chi connectivity index (χ1v) is 8.63. The van der Waals surface area contributed by atoms with Crippen molar-refractivity contribution in [1.82, 2.24) is 14.6 Å². The highest BCUT2D eigenvalue weighted by Gasteiger charge is 2.32. The molecule has 132 valence electrons. The van der Waals surface area contributed by atoms with Crippen LogP contribution in [0.3, 0.4) is 0 Å². The fourth-order valence-corrected chi connectivity index (χ4v) is 3.68. The van der Waals surface area contributed by atoms with Crippen molar-refractivity contribution in [2.75, 3.05) is 11.9 Å². The van der Waals surface area contributed by atoms with Crippen LogP contribution in [0.5, 0.6) is 0 Å². The summed E-state index contributed by atoms with van der Waals surface area (Å²) in [5.41, 5.74) is 10.2. The molecule has 0 aliphatic carbocycles. The first kappa shape index (κ1) is 16.4. The highest BCUT2D eigenvalue weighted by molar-refractivity contribution is 6.28. The molecule has 2 atom stereocenters. The van der Waals surface area contributed by atoms with Crippen LogP contribution >= 0.6 is 11.6 Å².